The minimum absolute atomic E-state index is 0.0112. The zero-order valence-corrected chi connectivity index (χ0v) is 20.7. The minimum atomic E-state index is -3.61. The van der Waals surface area contributed by atoms with Crippen LogP contribution in [0.2, 0.25) is 0 Å². The molecule has 4 rings (SSSR count). The number of fused-ring (bicyclic) bond motifs is 1. The van der Waals surface area contributed by atoms with Gasteiger partial charge in [-0.05, 0) is 74.6 Å². The third-order valence-corrected chi connectivity index (χ3v) is 8.04. The third kappa shape index (κ3) is 5.34. The van der Waals surface area contributed by atoms with Crippen LogP contribution in [0.25, 0.3) is 11.0 Å². The number of nitrogens with zero attached hydrogens (tertiary/aromatic N) is 3. The lowest BCUT2D eigenvalue weighted by Crippen LogP contribution is -2.37. The van der Waals surface area contributed by atoms with Crippen molar-refractivity contribution in [2.75, 3.05) is 13.1 Å². The van der Waals surface area contributed by atoms with Crippen LogP contribution < -0.4 is 4.74 Å². The van der Waals surface area contributed by atoms with Crippen molar-refractivity contribution < 1.29 is 23.1 Å². The molecule has 3 heterocycles. The number of carboxylic acid groups (broad SMARTS) is 1. The predicted octanol–water partition coefficient (Wildman–Crippen LogP) is 3.65. The fraction of sp³-hybridized carbons (Fsp3) is 0.385. The Kier molecular flexibility index (Phi) is 7.15. The Morgan fingerprint density at radius 3 is 2.49 bits per heavy atom. The minimum Gasteiger partial charge on any atom is -0.491 e. The molecule has 184 valence electrons. The maximum atomic E-state index is 13.2. The average molecular weight is 496 g/mol. The molecule has 0 unspecified atom stereocenters. The summed E-state index contributed by atoms with van der Waals surface area (Å²) in [5.74, 6) is 2.34. The molecule has 1 aliphatic rings. The first-order valence-corrected chi connectivity index (χ1v) is 13.0. The number of aliphatic carboxylic acids is 1. The summed E-state index contributed by atoms with van der Waals surface area (Å²) in [4.78, 5) is 16.2. The molecule has 1 fully saturated rings. The molecule has 1 N–H and O–H groups in total. The highest BCUT2D eigenvalue weighted by molar-refractivity contribution is 7.89. The molecule has 0 aliphatic carbocycles. The van der Waals surface area contributed by atoms with Gasteiger partial charge in [-0.2, -0.15) is 4.31 Å². The van der Waals surface area contributed by atoms with E-state index in [0.29, 0.717) is 49.4 Å². The van der Waals surface area contributed by atoms with Crippen LogP contribution in [-0.4, -0.2) is 52.5 Å². The van der Waals surface area contributed by atoms with Crippen molar-refractivity contribution in [3.63, 3.8) is 0 Å². The molecule has 35 heavy (non-hydrogen) atoms. The van der Waals surface area contributed by atoms with Crippen LogP contribution in [0.4, 0.5) is 0 Å². The largest absolute Gasteiger partial charge is 0.491 e. The summed E-state index contributed by atoms with van der Waals surface area (Å²) in [5.41, 5.74) is 2.30. The predicted molar refractivity (Wildman–Crippen MR) is 133 cm³/mol. The summed E-state index contributed by atoms with van der Waals surface area (Å²) in [6.07, 6.45) is 8.89. The van der Waals surface area contributed by atoms with Crippen LogP contribution in [0, 0.1) is 12.3 Å². The Balaban J connectivity index is 1.53. The van der Waals surface area contributed by atoms with E-state index in [0.717, 1.165) is 10.9 Å². The van der Waals surface area contributed by atoms with Gasteiger partial charge in [-0.3, -0.25) is 4.79 Å². The molecule has 9 heteroatoms. The Bertz CT molecular complexity index is 1360. The highest BCUT2D eigenvalue weighted by Crippen LogP contribution is 2.35. The van der Waals surface area contributed by atoms with Gasteiger partial charge in [-0.25, -0.2) is 13.4 Å². The standard InChI is InChI=1S/C26H29N3O5S/c1-4-5-20-6-11-23-24(16-28(17-25(30)31)26(23)27-20)19-12-14-29(15-13-19)35(32,33)22-9-7-21(8-10-22)34-18(2)3/h1,6-11,16,18-19H,5,12-15,17H2,2-3H3,(H,30,31). The van der Waals surface area contributed by atoms with E-state index in [1.807, 2.05) is 32.2 Å². The average Bonchev–Trinajstić information content (AvgIpc) is 3.16. The monoisotopic (exact) mass is 495 g/mol. The fourth-order valence-electron chi connectivity index (χ4n) is 4.54. The molecule has 0 spiro atoms. The van der Waals surface area contributed by atoms with Gasteiger partial charge in [0.05, 0.1) is 23.1 Å². The Labute approximate surface area is 205 Å². The van der Waals surface area contributed by atoms with Crippen molar-refractivity contribution in [1.82, 2.24) is 13.9 Å². The van der Waals surface area contributed by atoms with Crippen molar-refractivity contribution in [1.29, 1.82) is 0 Å². The molecule has 3 aromatic rings. The van der Waals surface area contributed by atoms with Gasteiger partial charge in [-0.1, -0.05) is 0 Å². The number of hydrogen-bond acceptors (Lipinski definition) is 5. The number of benzene rings is 1. The number of carboxylic acids is 1. The van der Waals surface area contributed by atoms with Gasteiger partial charge in [0.2, 0.25) is 10.0 Å². The first kappa shape index (κ1) is 24.8. The van der Waals surface area contributed by atoms with Crippen LogP contribution in [0.1, 0.15) is 43.9 Å². The van der Waals surface area contributed by atoms with Gasteiger partial charge in [0.15, 0.2) is 0 Å². The van der Waals surface area contributed by atoms with Gasteiger partial charge >= 0.3 is 5.97 Å². The van der Waals surface area contributed by atoms with E-state index in [4.69, 9.17) is 11.2 Å². The second kappa shape index (κ2) is 10.1. The topological polar surface area (TPSA) is 102 Å². The SMILES string of the molecule is C#CCc1ccc2c(C3CCN(S(=O)(=O)c4ccc(OC(C)C)cc4)CC3)cn(CC(=O)O)c2n1. The summed E-state index contributed by atoms with van der Waals surface area (Å²) in [6.45, 7) is 4.39. The van der Waals surface area contributed by atoms with E-state index in [9.17, 15) is 18.3 Å². The van der Waals surface area contributed by atoms with Gasteiger partial charge in [0, 0.05) is 24.7 Å². The van der Waals surface area contributed by atoms with Crippen molar-refractivity contribution in [2.45, 2.75) is 56.6 Å². The fourth-order valence-corrected chi connectivity index (χ4v) is 6.01. The number of sulfonamides is 1. The zero-order valence-electron chi connectivity index (χ0n) is 19.8. The van der Waals surface area contributed by atoms with Crippen molar-refractivity contribution in [3.05, 3.63) is 53.9 Å². The number of pyridine rings is 1. The van der Waals surface area contributed by atoms with Gasteiger partial charge in [0.25, 0.3) is 0 Å². The second-order valence-corrected chi connectivity index (χ2v) is 10.9. The van der Waals surface area contributed by atoms with Crippen molar-refractivity contribution in [2.24, 2.45) is 0 Å². The number of aromatic nitrogens is 2. The van der Waals surface area contributed by atoms with E-state index in [1.165, 1.54) is 4.31 Å². The smallest absolute Gasteiger partial charge is 0.323 e. The van der Waals surface area contributed by atoms with E-state index in [-0.39, 0.29) is 23.5 Å². The maximum absolute atomic E-state index is 13.2. The lowest BCUT2D eigenvalue weighted by atomic mass is 9.90. The van der Waals surface area contributed by atoms with Gasteiger partial charge < -0.3 is 14.4 Å². The van der Waals surface area contributed by atoms with Crippen LogP contribution in [0.15, 0.2) is 47.5 Å². The van der Waals surface area contributed by atoms with Crippen LogP contribution in [-0.2, 0) is 27.8 Å². The van der Waals surface area contributed by atoms with Gasteiger partial charge in [-0.15, -0.1) is 12.3 Å². The maximum Gasteiger partial charge on any atom is 0.323 e. The normalized spacial score (nSPS) is 15.4. The number of piperidine rings is 1. The lowest BCUT2D eigenvalue weighted by molar-refractivity contribution is -0.137. The first-order chi connectivity index (χ1) is 16.7. The Morgan fingerprint density at radius 1 is 1.20 bits per heavy atom. The molecule has 2 aromatic heterocycles. The molecule has 1 aliphatic heterocycles. The molecular weight excluding hydrogens is 466 g/mol. The van der Waals surface area contributed by atoms with Crippen molar-refractivity contribution >= 4 is 27.0 Å². The molecule has 1 aromatic carbocycles. The molecule has 0 amide bonds. The molecule has 0 atom stereocenters. The summed E-state index contributed by atoms with van der Waals surface area (Å²) in [6, 6.07) is 10.3. The van der Waals surface area contributed by atoms with Crippen LogP contribution >= 0.6 is 0 Å². The number of hydrogen-bond donors (Lipinski definition) is 1. The van der Waals surface area contributed by atoms with Crippen molar-refractivity contribution in [3.8, 4) is 18.1 Å². The number of ether oxygens (including phenoxy) is 1. The second-order valence-electron chi connectivity index (χ2n) is 8.98. The highest BCUT2D eigenvalue weighted by Gasteiger charge is 2.31. The third-order valence-electron chi connectivity index (χ3n) is 6.13. The van der Waals surface area contributed by atoms with E-state index in [1.54, 1.807) is 28.8 Å². The molecule has 1 saturated heterocycles. The molecule has 0 radical (unpaired) electrons. The summed E-state index contributed by atoms with van der Waals surface area (Å²) < 4.78 is 35.1. The molecule has 0 saturated carbocycles. The quantitative estimate of drug-likeness (QED) is 0.479. The van der Waals surface area contributed by atoms with Crippen LogP contribution in [0.5, 0.6) is 5.75 Å². The lowest BCUT2D eigenvalue weighted by Gasteiger charge is -2.31. The zero-order chi connectivity index (χ0) is 25.2. The van der Waals surface area contributed by atoms with E-state index in [2.05, 4.69) is 10.9 Å². The number of terminal acetylenes is 1. The number of rotatable bonds is 8. The number of carbonyl (C=O) groups is 1. The summed E-state index contributed by atoms with van der Waals surface area (Å²) in [7, 11) is -3.61. The van der Waals surface area contributed by atoms with E-state index < -0.39 is 16.0 Å². The van der Waals surface area contributed by atoms with Gasteiger partial charge in [0.1, 0.15) is 17.9 Å². The molecule has 0 bridgehead atoms. The highest BCUT2D eigenvalue weighted by atomic mass is 32.2. The first-order valence-electron chi connectivity index (χ1n) is 11.6. The summed E-state index contributed by atoms with van der Waals surface area (Å²) in [5, 5.41) is 10.2. The Morgan fingerprint density at radius 2 is 1.89 bits per heavy atom. The molecule has 8 nitrogen and oxygen atoms in total. The van der Waals surface area contributed by atoms with E-state index >= 15 is 0 Å². The summed E-state index contributed by atoms with van der Waals surface area (Å²) >= 11 is 0. The molecular formula is C26H29N3O5S. The van der Waals surface area contributed by atoms with Crippen LogP contribution in [0.3, 0.4) is 0 Å². The Hall–Kier alpha value is -3.35.